The van der Waals surface area contributed by atoms with Crippen LogP contribution in [0.3, 0.4) is 0 Å². The van der Waals surface area contributed by atoms with Crippen molar-refractivity contribution in [3.63, 3.8) is 0 Å². The van der Waals surface area contributed by atoms with E-state index < -0.39 is 0 Å². The minimum absolute atomic E-state index is 0.0949. The van der Waals surface area contributed by atoms with Crippen molar-refractivity contribution in [3.05, 3.63) is 34.1 Å². The van der Waals surface area contributed by atoms with Crippen LogP contribution in [0.2, 0.25) is 0 Å². The zero-order valence-electron chi connectivity index (χ0n) is 6.07. The molecule has 2 heterocycles. The molecule has 2 aromatic heterocycles. The minimum atomic E-state index is 0.0949. The molecule has 2 aromatic rings. The van der Waals surface area contributed by atoms with E-state index in [9.17, 15) is 4.79 Å². The van der Waals surface area contributed by atoms with Crippen molar-refractivity contribution in [1.82, 2.24) is 4.57 Å². The first-order valence-corrected chi connectivity index (χ1v) is 4.20. The maximum Gasteiger partial charge on any atom is 0.268 e. The molecule has 0 fully saturated rings. The molecule has 0 amide bonds. The first kappa shape index (κ1) is 6.61. The molecule has 56 valence electrons. The summed E-state index contributed by atoms with van der Waals surface area (Å²) in [6.45, 7) is 0. The zero-order valence-corrected chi connectivity index (χ0v) is 6.89. The van der Waals surface area contributed by atoms with E-state index in [-0.39, 0.29) is 5.56 Å². The molecule has 0 N–H and O–H groups in total. The minimum Gasteiger partial charge on any atom is -0.317 e. The fourth-order valence-corrected chi connectivity index (χ4v) is 1.91. The fourth-order valence-electron chi connectivity index (χ4n) is 1.04. The van der Waals surface area contributed by atoms with Crippen molar-refractivity contribution < 1.29 is 0 Å². The highest BCUT2D eigenvalue weighted by atomic mass is 32.1. The van der Waals surface area contributed by atoms with E-state index in [1.54, 1.807) is 17.8 Å². The van der Waals surface area contributed by atoms with Gasteiger partial charge in [0.25, 0.3) is 5.56 Å². The third-order valence-electron chi connectivity index (χ3n) is 1.69. The molecule has 0 aliphatic rings. The molecule has 0 radical (unpaired) electrons. The first-order chi connectivity index (χ1) is 5.29. The van der Waals surface area contributed by atoms with Gasteiger partial charge in [-0.2, -0.15) is 0 Å². The van der Waals surface area contributed by atoms with Crippen LogP contribution in [0.25, 0.3) is 10.1 Å². The fraction of sp³-hybridized carbons (Fsp3) is 0.125. The van der Waals surface area contributed by atoms with Crippen molar-refractivity contribution in [2.75, 3.05) is 0 Å². The maximum atomic E-state index is 11.4. The summed E-state index contributed by atoms with van der Waals surface area (Å²) in [5, 5.41) is 2.98. The van der Waals surface area contributed by atoms with Gasteiger partial charge in [-0.15, -0.1) is 11.3 Å². The van der Waals surface area contributed by atoms with E-state index in [0.717, 1.165) is 10.1 Å². The number of pyridine rings is 1. The second-order valence-corrected chi connectivity index (χ2v) is 3.35. The van der Waals surface area contributed by atoms with E-state index in [2.05, 4.69) is 0 Å². The average Bonchev–Trinajstić information content (AvgIpc) is 2.45. The number of hydrogen-bond acceptors (Lipinski definition) is 2. The van der Waals surface area contributed by atoms with Gasteiger partial charge in [0.2, 0.25) is 0 Å². The normalized spacial score (nSPS) is 10.6. The summed E-state index contributed by atoms with van der Waals surface area (Å²) in [4.78, 5) is 11.4. The third kappa shape index (κ3) is 0.886. The summed E-state index contributed by atoms with van der Waals surface area (Å²) >= 11 is 1.49. The predicted octanol–water partition coefficient (Wildman–Crippen LogP) is 1.60. The molecule has 0 aliphatic heterocycles. The van der Waals surface area contributed by atoms with E-state index in [1.807, 2.05) is 17.5 Å². The van der Waals surface area contributed by atoms with Crippen LogP contribution in [0.15, 0.2) is 28.5 Å². The smallest absolute Gasteiger partial charge is 0.268 e. The lowest BCUT2D eigenvalue weighted by molar-refractivity contribution is 0.875. The molecule has 11 heavy (non-hydrogen) atoms. The molecule has 0 spiro atoms. The number of aromatic nitrogens is 1. The SMILES string of the molecule is Cn1ccc2ccsc2c1=O. The lowest BCUT2D eigenvalue weighted by Crippen LogP contribution is -2.13. The maximum absolute atomic E-state index is 11.4. The molecule has 3 heteroatoms. The van der Waals surface area contributed by atoms with Gasteiger partial charge in [-0.05, 0) is 22.9 Å². The van der Waals surface area contributed by atoms with Crippen molar-refractivity contribution in [2.45, 2.75) is 0 Å². The quantitative estimate of drug-likeness (QED) is 0.581. The molecule has 0 unspecified atom stereocenters. The van der Waals surface area contributed by atoms with Gasteiger partial charge in [0.05, 0.1) is 4.70 Å². The number of hydrogen-bond donors (Lipinski definition) is 0. The van der Waals surface area contributed by atoms with Crippen LogP contribution in [-0.4, -0.2) is 4.57 Å². The Bertz CT molecular complexity index is 441. The average molecular weight is 165 g/mol. The highest BCUT2D eigenvalue weighted by Gasteiger charge is 1.99. The number of fused-ring (bicyclic) bond motifs is 1. The van der Waals surface area contributed by atoms with Gasteiger partial charge in [-0.25, -0.2) is 0 Å². The lowest BCUT2D eigenvalue weighted by Gasteiger charge is -1.93. The van der Waals surface area contributed by atoms with Crippen molar-refractivity contribution in [3.8, 4) is 0 Å². The largest absolute Gasteiger partial charge is 0.317 e. The highest BCUT2D eigenvalue weighted by molar-refractivity contribution is 7.17. The third-order valence-corrected chi connectivity index (χ3v) is 2.61. The number of nitrogens with zero attached hydrogens (tertiary/aromatic N) is 1. The summed E-state index contributed by atoms with van der Waals surface area (Å²) in [5.74, 6) is 0. The van der Waals surface area contributed by atoms with Crippen LogP contribution in [0.4, 0.5) is 0 Å². The molecule has 0 atom stereocenters. The summed E-state index contributed by atoms with van der Waals surface area (Å²) in [5.41, 5.74) is 0.0949. The van der Waals surface area contributed by atoms with Crippen LogP contribution < -0.4 is 5.56 Å². The summed E-state index contributed by atoms with van der Waals surface area (Å²) < 4.78 is 2.44. The highest BCUT2D eigenvalue weighted by Crippen LogP contribution is 2.14. The summed E-state index contributed by atoms with van der Waals surface area (Å²) in [6, 6.07) is 3.91. The molecular weight excluding hydrogens is 158 g/mol. The Morgan fingerprint density at radius 2 is 2.27 bits per heavy atom. The van der Waals surface area contributed by atoms with Crippen LogP contribution in [0.1, 0.15) is 0 Å². The van der Waals surface area contributed by atoms with E-state index in [4.69, 9.17) is 0 Å². The molecule has 0 bridgehead atoms. The van der Waals surface area contributed by atoms with Gasteiger partial charge in [-0.3, -0.25) is 4.79 Å². The van der Waals surface area contributed by atoms with Crippen LogP contribution in [0, 0.1) is 0 Å². The zero-order chi connectivity index (χ0) is 7.84. The molecular formula is C8H7NOS. The number of rotatable bonds is 0. The molecule has 0 saturated heterocycles. The molecule has 0 saturated carbocycles. The Labute approximate surface area is 67.7 Å². The monoisotopic (exact) mass is 165 g/mol. The Balaban J connectivity index is 3.05. The second-order valence-electron chi connectivity index (χ2n) is 2.44. The number of thiophene rings is 1. The van der Waals surface area contributed by atoms with E-state index in [1.165, 1.54) is 11.3 Å². The number of aryl methyl sites for hydroxylation is 1. The van der Waals surface area contributed by atoms with Crippen LogP contribution in [-0.2, 0) is 7.05 Å². The summed E-state index contributed by atoms with van der Waals surface area (Å²) in [7, 11) is 1.77. The van der Waals surface area contributed by atoms with Gasteiger partial charge in [-0.1, -0.05) is 0 Å². The van der Waals surface area contributed by atoms with E-state index >= 15 is 0 Å². The van der Waals surface area contributed by atoms with Gasteiger partial charge in [0.15, 0.2) is 0 Å². The van der Waals surface area contributed by atoms with Gasteiger partial charge in [0, 0.05) is 13.2 Å². The Hall–Kier alpha value is -1.09. The Kier molecular flexibility index (Phi) is 1.32. The Morgan fingerprint density at radius 3 is 3.09 bits per heavy atom. The van der Waals surface area contributed by atoms with Crippen molar-refractivity contribution >= 4 is 21.4 Å². The van der Waals surface area contributed by atoms with Crippen LogP contribution in [0.5, 0.6) is 0 Å². The van der Waals surface area contributed by atoms with Crippen molar-refractivity contribution in [2.24, 2.45) is 7.05 Å². The topological polar surface area (TPSA) is 22.0 Å². The molecule has 0 aliphatic carbocycles. The lowest BCUT2D eigenvalue weighted by atomic mass is 10.3. The second kappa shape index (κ2) is 2.20. The van der Waals surface area contributed by atoms with Gasteiger partial charge < -0.3 is 4.57 Å². The van der Waals surface area contributed by atoms with Crippen LogP contribution >= 0.6 is 11.3 Å². The molecule has 2 rings (SSSR count). The van der Waals surface area contributed by atoms with Gasteiger partial charge >= 0.3 is 0 Å². The predicted molar refractivity (Wildman–Crippen MR) is 47.1 cm³/mol. The van der Waals surface area contributed by atoms with Crippen molar-refractivity contribution in [1.29, 1.82) is 0 Å². The summed E-state index contributed by atoms with van der Waals surface area (Å²) in [6.07, 6.45) is 1.79. The molecule has 0 aromatic carbocycles. The van der Waals surface area contributed by atoms with E-state index in [0.29, 0.717) is 0 Å². The standard InChI is InChI=1S/C8H7NOS/c1-9-4-2-6-3-5-11-7(6)8(9)10/h2-5H,1H3. The first-order valence-electron chi connectivity index (χ1n) is 3.32. The molecule has 2 nitrogen and oxygen atoms in total. The Morgan fingerprint density at radius 1 is 1.45 bits per heavy atom. The van der Waals surface area contributed by atoms with Gasteiger partial charge in [0.1, 0.15) is 0 Å².